The van der Waals surface area contributed by atoms with E-state index in [1.807, 2.05) is 0 Å². The quantitative estimate of drug-likeness (QED) is 0.432. The smallest absolute Gasteiger partial charge is 0.0428 e. The monoisotopic (exact) mass is 147 g/mol. The molecule has 62 valence electrons. The Kier molecular flexibility index (Phi) is 5.84. The summed E-state index contributed by atoms with van der Waals surface area (Å²) in [6.07, 6.45) is 1.00. The summed E-state index contributed by atoms with van der Waals surface area (Å²) in [6, 6.07) is 0. The average molecular weight is 147 g/mol. The first-order chi connectivity index (χ1) is 5.72. The van der Waals surface area contributed by atoms with Crippen molar-refractivity contribution in [2.45, 2.75) is 19.2 Å². The van der Waals surface area contributed by atoms with Gasteiger partial charge in [0, 0.05) is 2.74 Å². The Hall–Kier alpha value is -0.120. The lowest BCUT2D eigenvalue weighted by molar-refractivity contribution is 0.611. The SMILES string of the molecule is [2H][C@H](NCCCN)[C@@H]([2H])CCN. The molecule has 0 saturated carbocycles. The standard InChI is InChI=1S/C7H19N3/c8-4-1-2-6-10-7-3-5-9/h10H,1-9H2/i2D,6D/t2-,6-/m0/s1. The van der Waals surface area contributed by atoms with Crippen molar-refractivity contribution in [3.63, 3.8) is 0 Å². The van der Waals surface area contributed by atoms with E-state index < -0.39 is 12.9 Å². The van der Waals surface area contributed by atoms with Crippen molar-refractivity contribution in [2.75, 3.05) is 26.2 Å². The lowest BCUT2D eigenvalue weighted by Gasteiger charge is -2.01. The van der Waals surface area contributed by atoms with Crippen LogP contribution in [0.1, 0.15) is 22.0 Å². The molecular weight excluding hydrogens is 126 g/mol. The van der Waals surface area contributed by atoms with Crippen molar-refractivity contribution >= 4 is 0 Å². The molecule has 3 nitrogen and oxygen atoms in total. The third-order valence-corrected chi connectivity index (χ3v) is 1.09. The van der Waals surface area contributed by atoms with Gasteiger partial charge >= 0.3 is 0 Å². The molecule has 0 unspecified atom stereocenters. The van der Waals surface area contributed by atoms with E-state index >= 15 is 0 Å². The van der Waals surface area contributed by atoms with Gasteiger partial charge in [-0.05, 0) is 45.4 Å². The zero-order chi connectivity index (χ0) is 9.40. The van der Waals surface area contributed by atoms with E-state index in [1.165, 1.54) is 0 Å². The molecule has 0 aliphatic carbocycles. The lowest BCUT2D eigenvalue weighted by Crippen LogP contribution is -2.19. The number of nitrogens with two attached hydrogens (primary N) is 2. The molecule has 0 radical (unpaired) electrons. The first kappa shape index (κ1) is 6.58. The van der Waals surface area contributed by atoms with E-state index in [2.05, 4.69) is 5.32 Å². The molecule has 0 fully saturated rings. The van der Waals surface area contributed by atoms with Crippen LogP contribution in [-0.4, -0.2) is 26.2 Å². The fourth-order valence-electron chi connectivity index (χ4n) is 0.550. The summed E-state index contributed by atoms with van der Waals surface area (Å²) in [6.45, 7) is 1.28. The van der Waals surface area contributed by atoms with Crippen molar-refractivity contribution in [2.24, 2.45) is 11.5 Å². The Balaban J connectivity index is 3.35. The maximum absolute atomic E-state index is 7.46. The average Bonchev–Trinajstić information content (AvgIpc) is 2.05. The van der Waals surface area contributed by atoms with E-state index in [-0.39, 0.29) is 0 Å². The van der Waals surface area contributed by atoms with Crippen LogP contribution in [0.2, 0.25) is 0 Å². The van der Waals surface area contributed by atoms with Gasteiger partial charge in [0.1, 0.15) is 0 Å². The minimum Gasteiger partial charge on any atom is -0.330 e. The number of nitrogens with one attached hydrogen (secondary N) is 1. The first-order valence-electron chi connectivity index (χ1n) is 4.86. The molecule has 0 saturated heterocycles. The van der Waals surface area contributed by atoms with E-state index in [0.29, 0.717) is 26.1 Å². The summed E-state index contributed by atoms with van der Waals surface area (Å²) in [5.74, 6) is 0. The Morgan fingerprint density at radius 2 is 1.90 bits per heavy atom. The molecule has 10 heavy (non-hydrogen) atoms. The van der Waals surface area contributed by atoms with Crippen LogP contribution in [0.15, 0.2) is 0 Å². The molecule has 0 amide bonds. The van der Waals surface area contributed by atoms with Gasteiger partial charge in [-0.2, -0.15) is 0 Å². The van der Waals surface area contributed by atoms with Crippen LogP contribution in [0, 0.1) is 0 Å². The van der Waals surface area contributed by atoms with Crippen LogP contribution < -0.4 is 16.8 Å². The largest absolute Gasteiger partial charge is 0.330 e. The predicted molar refractivity (Wildman–Crippen MR) is 44.8 cm³/mol. The summed E-state index contributed by atoms with van der Waals surface area (Å²) in [5, 5.41) is 2.91. The molecule has 0 aliphatic heterocycles. The Bertz CT molecular complexity index is 103. The van der Waals surface area contributed by atoms with E-state index in [4.69, 9.17) is 14.2 Å². The minimum absolute atomic E-state index is 0.423. The third kappa shape index (κ3) is 7.88. The minimum atomic E-state index is -0.528. The molecule has 0 rings (SSSR count). The molecule has 0 aromatic heterocycles. The van der Waals surface area contributed by atoms with E-state index in [1.54, 1.807) is 0 Å². The highest BCUT2D eigenvalue weighted by atomic mass is 14.8. The molecule has 5 N–H and O–H groups in total. The fourth-order valence-corrected chi connectivity index (χ4v) is 0.550. The highest BCUT2D eigenvalue weighted by Gasteiger charge is 1.85. The van der Waals surface area contributed by atoms with Gasteiger partial charge in [-0.25, -0.2) is 0 Å². The maximum Gasteiger partial charge on any atom is 0.0428 e. The first-order valence-corrected chi connectivity index (χ1v) is 3.70. The zero-order valence-electron chi connectivity index (χ0n) is 8.34. The summed E-state index contributed by atoms with van der Waals surface area (Å²) < 4.78 is 14.9. The molecule has 2 atom stereocenters. The van der Waals surface area contributed by atoms with Crippen LogP contribution in [0.5, 0.6) is 0 Å². The maximum atomic E-state index is 7.46. The van der Waals surface area contributed by atoms with Crippen molar-refractivity contribution in [3.8, 4) is 0 Å². The topological polar surface area (TPSA) is 64.1 Å². The fraction of sp³-hybridized carbons (Fsp3) is 1.00. The van der Waals surface area contributed by atoms with Crippen LogP contribution >= 0.6 is 0 Å². The Morgan fingerprint density at radius 1 is 1.20 bits per heavy atom. The van der Waals surface area contributed by atoms with Gasteiger partial charge in [-0.1, -0.05) is 0 Å². The summed E-state index contributed by atoms with van der Waals surface area (Å²) in [5.41, 5.74) is 10.6. The summed E-state index contributed by atoms with van der Waals surface area (Å²) >= 11 is 0. The van der Waals surface area contributed by atoms with Gasteiger partial charge < -0.3 is 16.8 Å². The van der Waals surface area contributed by atoms with Crippen molar-refractivity contribution in [3.05, 3.63) is 0 Å². The number of hydrogen-bond acceptors (Lipinski definition) is 3. The molecule has 0 spiro atoms. The molecule has 0 bridgehead atoms. The van der Waals surface area contributed by atoms with E-state index in [9.17, 15) is 0 Å². The summed E-state index contributed by atoms with van der Waals surface area (Å²) in [4.78, 5) is 0. The van der Waals surface area contributed by atoms with Crippen LogP contribution in [0.3, 0.4) is 0 Å². The molecule has 3 heteroatoms. The van der Waals surface area contributed by atoms with E-state index in [0.717, 1.165) is 6.42 Å². The normalized spacial score (nSPS) is 19.4. The van der Waals surface area contributed by atoms with Crippen molar-refractivity contribution in [1.29, 1.82) is 0 Å². The Morgan fingerprint density at radius 3 is 2.50 bits per heavy atom. The molecule has 0 heterocycles. The summed E-state index contributed by atoms with van der Waals surface area (Å²) in [7, 11) is 0. The number of hydrogen-bond donors (Lipinski definition) is 3. The molecule has 0 aromatic carbocycles. The highest BCUT2D eigenvalue weighted by Crippen LogP contribution is 1.81. The molecule has 0 aromatic rings. The van der Waals surface area contributed by atoms with Gasteiger partial charge in [-0.15, -0.1) is 0 Å². The van der Waals surface area contributed by atoms with Gasteiger partial charge in [0.05, 0.1) is 0 Å². The second-order valence-corrected chi connectivity index (χ2v) is 2.08. The Labute approximate surface area is 66.0 Å². The molecule has 0 aliphatic rings. The third-order valence-electron chi connectivity index (χ3n) is 1.09. The second kappa shape index (κ2) is 8.88. The van der Waals surface area contributed by atoms with Crippen molar-refractivity contribution < 1.29 is 2.74 Å². The van der Waals surface area contributed by atoms with Gasteiger partial charge in [0.15, 0.2) is 0 Å². The van der Waals surface area contributed by atoms with Crippen LogP contribution in [0.25, 0.3) is 0 Å². The highest BCUT2D eigenvalue weighted by molar-refractivity contribution is 4.49. The lowest BCUT2D eigenvalue weighted by atomic mass is 10.3. The second-order valence-electron chi connectivity index (χ2n) is 2.08. The predicted octanol–water partition coefficient (Wildman–Crippen LogP) is -0.336. The van der Waals surface area contributed by atoms with Gasteiger partial charge in [0.25, 0.3) is 0 Å². The molecular formula is C7H19N3. The van der Waals surface area contributed by atoms with Crippen LogP contribution in [0.4, 0.5) is 0 Å². The zero-order valence-corrected chi connectivity index (χ0v) is 6.34. The van der Waals surface area contributed by atoms with Crippen LogP contribution in [-0.2, 0) is 0 Å². The van der Waals surface area contributed by atoms with Gasteiger partial charge in [-0.3, -0.25) is 0 Å². The van der Waals surface area contributed by atoms with Gasteiger partial charge in [0.2, 0.25) is 0 Å². The number of rotatable bonds is 7. The van der Waals surface area contributed by atoms with Crippen molar-refractivity contribution in [1.82, 2.24) is 5.32 Å².